The second-order valence-corrected chi connectivity index (χ2v) is 20.1. The van der Waals surface area contributed by atoms with Crippen LogP contribution in [-0.2, 0) is 76.3 Å². The summed E-state index contributed by atoms with van der Waals surface area (Å²) in [6.45, 7) is 52.0. The van der Waals surface area contributed by atoms with E-state index in [0.29, 0.717) is 214 Å². The molecule has 0 spiro atoms. The summed E-state index contributed by atoms with van der Waals surface area (Å²) in [5, 5.41) is 22.4. The van der Waals surface area contributed by atoms with Crippen LogP contribution in [-0.4, -0.2) is 221 Å². The summed E-state index contributed by atoms with van der Waals surface area (Å²) < 4.78 is 47.7. The Morgan fingerprint density at radius 1 is 0.407 bits per heavy atom. The molecule has 0 aliphatic heterocycles. The zero-order valence-corrected chi connectivity index (χ0v) is 57.5. The van der Waals surface area contributed by atoms with Crippen molar-refractivity contribution in [3.63, 3.8) is 0 Å². The maximum atomic E-state index is 11.6. The quantitative estimate of drug-likeness (QED) is 0.0158. The topological polar surface area (TPSA) is 307 Å². The first-order chi connectivity index (χ1) is 43.8. The summed E-state index contributed by atoms with van der Waals surface area (Å²) >= 11 is 0. The molecule has 91 heavy (non-hydrogen) atoms. The van der Waals surface area contributed by atoms with Gasteiger partial charge < -0.3 is 80.4 Å². The Kier molecular flexibility index (Phi) is 88.2. The minimum atomic E-state index is -0.539. The third kappa shape index (κ3) is 85.8. The second kappa shape index (κ2) is 81.7. The number of aldehydes is 2. The number of amides is 6. The standard InChI is InChI=1S/C26H48N4O7.C25H46N4O7.C4H6O.C4H8.C3H4O.C3H6.C2H6/c1-5-24(32)29-12-8-16-36-20-26(18-34-14-6-10-27-4,19-35-15-7-11-28-22-31)21-37-17-9-13-30-25(33)23(2)3;1-4-23(31)28-12-8-16-35-20-25(18-33-14-6-10-26-3,19-34-15-7-11-27-22-30)21-36-17-9-13-29-24(32)5-2;1-4(2)3-5;1-4(2)3;1-2-3-4;1-3-2;1-2/h5,22,27H,1-2,6-21H2,3-4H3,(H,28,31)(H,29,32)(H,30,33);4-5,22,26H,1-2,6-21H2,3H3,(H,27,30)(H,28,31)(H,29,32);3H,1H2,2H3;1H2,2-3H3;2-3H,1H2;3H,1H2,2H3;1-2H3. The van der Waals surface area contributed by atoms with Crippen molar-refractivity contribution in [2.45, 2.75) is 99.8 Å². The number of hydrogen-bond donors (Lipinski definition) is 8. The van der Waals surface area contributed by atoms with Crippen molar-refractivity contribution in [2.75, 3.05) is 172 Å². The van der Waals surface area contributed by atoms with Gasteiger partial charge in [0.1, 0.15) is 12.6 Å². The van der Waals surface area contributed by atoms with E-state index in [1.165, 1.54) is 29.9 Å². The molecule has 528 valence electrons. The summed E-state index contributed by atoms with van der Waals surface area (Å²) in [6.07, 6.45) is 15.1. The number of hydrogen-bond acceptors (Lipinski definition) is 18. The second-order valence-electron chi connectivity index (χ2n) is 20.1. The third-order valence-electron chi connectivity index (χ3n) is 10.4. The fourth-order valence-corrected chi connectivity index (χ4v) is 6.08. The Morgan fingerprint density at radius 2 is 0.615 bits per heavy atom. The molecule has 0 bridgehead atoms. The van der Waals surface area contributed by atoms with E-state index in [-0.39, 0.29) is 23.6 Å². The van der Waals surface area contributed by atoms with Crippen LogP contribution in [0.2, 0.25) is 0 Å². The molecule has 0 aromatic rings. The van der Waals surface area contributed by atoms with Gasteiger partial charge >= 0.3 is 0 Å². The normalized spacial score (nSPS) is 10.5. The van der Waals surface area contributed by atoms with E-state index in [1.54, 1.807) is 19.9 Å². The highest BCUT2D eigenvalue weighted by Crippen LogP contribution is 2.23. The number of nitrogens with one attached hydrogen (secondary N) is 8. The molecule has 0 saturated heterocycles. The predicted molar refractivity (Wildman–Crippen MR) is 367 cm³/mol. The van der Waals surface area contributed by atoms with Crippen LogP contribution in [0.25, 0.3) is 0 Å². The molecule has 0 rings (SSSR count). The van der Waals surface area contributed by atoms with Gasteiger partial charge in [0.15, 0.2) is 0 Å². The van der Waals surface area contributed by atoms with Crippen LogP contribution in [0.15, 0.2) is 99.7 Å². The SMILES string of the molecule is C=C(C)C.C=C(C)C=O.C=CC.C=CC(=O)NCCCOCC(COCCCNC)(COCCCNC=O)COCCCNC(=O)C(=C)C.C=CC(=O)NCCCOCC(COCCCNC)(COCCCNC=O)COCCCNC(=O)C=C.C=CC=O.CC. The summed E-state index contributed by atoms with van der Waals surface area (Å²) in [5.74, 6) is -0.807. The first kappa shape index (κ1) is 98.3. The largest absolute Gasteiger partial charge is 0.381 e. The van der Waals surface area contributed by atoms with Gasteiger partial charge in [-0.2, -0.15) is 0 Å². The van der Waals surface area contributed by atoms with Gasteiger partial charge in [0.05, 0.1) is 63.7 Å². The lowest BCUT2D eigenvalue weighted by Gasteiger charge is -2.33. The molecule has 0 aliphatic rings. The van der Waals surface area contributed by atoms with Gasteiger partial charge in [-0.15, -0.1) is 13.2 Å². The highest BCUT2D eigenvalue weighted by atomic mass is 16.5. The molecule has 0 aromatic heterocycles. The maximum Gasteiger partial charge on any atom is 0.246 e. The molecule has 0 heterocycles. The van der Waals surface area contributed by atoms with Crippen LogP contribution < -0.4 is 42.5 Å². The lowest BCUT2D eigenvalue weighted by Crippen LogP contribution is -2.42. The Labute approximate surface area is 548 Å². The monoisotopic (exact) mass is 1300 g/mol. The maximum absolute atomic E-state index is 11.6. The molecule has 24 nitrogen and oxygen atoms in total. The summed E-state index contributed by atoms with van der Waals surface area (Å²) in [6, 6.07) is 0. The summed E-state index contributed by atoms with van der Waals surface area (Å²) in [5.41, 5.74) is 1.14. The molecule has 0 aliphatic carbocycles. The van der Waals surface area contributed by atoms with Crippen molar-refractivity contribution in [3.8, 4) is 0 Å². The van der Waals surface area contributed by atoms with E-state index in [0.717, 1.165) is 32.2 Å². The fraction of sp³-hybridized carbons (Fsp3) is 0.642. The Morgan fingerprint density at radius 3 is 0.791 bits per heavy atom. The van der Waals surface area contributed by atoms with Crippen LogP contribution in [0.5, 0.6) is 0 Å². The van der Waals surface area contributed by atoms with Gasteiger partial charge in [0.2, 0.25) is 36.4 Å². The highest BCUT2D eigenvalue weighted by molar-refractivity contribution is 5.92. The van der Waals surface area contributed by atoms with Crippen LogP contribution in [0.4, 0.5) is 0 Å². The van der Waals surface area contributed by atoms with Crippen molar-refractivity contribution in [1.82, 2.24) is 42.5 Å². The van der Waals surface area contributed by atoms with Gasteiger partial charge in [-0.25, -0.2) is 0 Å². The van der Waals surface area contributed by atoms with Gasteiger partial charge in [-0.05, 0) is 143 Å². The van der Waals surface area contributed by atoms with Gasteiger partial charge in [0.25, 0.3) is 0 Å². The molecule has 0 fully saturated rings. The Bertz CT molecular complexity index is 1820. The smallest absolute Gasteiger partial charge is 0.246 e. The van der Waals surface area contributed by atoms with E-state index in [9.17, 15) is 33.6 Å². The van der Waals surface area contributed by atoms with Crippen molar-refractivity contribution in [3.05, 3.63) is 99.7 Å². The number of carbonyl (C=O) groups excluding carboxylic acids is 8. The summed E-state index contributed by atoms with van der Waals surface area (Å²) in [4.78, 5) is 84.8. The van der Waals surface area contributed by atoms with Crippen molar-refractivity contribution >= 4 is 49.0 Å². The molecule has 0 saturated carbocycles. The molecule has 6 amide bonds. The van der Waals surface area contributed by atoms with Crippen molar-refractivity contribution in [1.29, 1.82) is 0 Å². The molecular formula is C67H124N8O16. The summed E-state index contributed by atoms with van der Waals surface area (Å²) in [7, 11) is 3.80. The van der Waals surface area contributed by atoms with Crippen molar-refractivity contribution < 1.29 is 76.3 Å². The Balaban J connectivity index is -0.000000244. The predicted octanol–water partition coefficient (Wildman–Crippen LogP) is 5.66. The Hall–Kier alpha value is -6.32. The van der Waals surface area contributed by atoms with E-state index in [2.05, 4.69) is 95.2 Å². The van der Waals surface area contributed by atoms with E-state index in [4.69, 9.17) is 42.7 Å². The number of ether oxygens (including phenoxy) is 8. The first-order valence-electron chi connectivity index (χ1n) is 31.0. The van der Waals surface area contributed by atoms with Crippen molar-refractivity contribution in [2.24, 2.45) is 10.8 Å². The van der Waals surface area contributed by atoms with Crippen LogP contribution in [0, 0.1) is 10.8 Å². The lowest BCUT2D eigenvalue weighted by atomic mass is 9.92. The zero-order valence-electron chi connectivity index (χ0n) is 57.5. The number of rotatable bonds is 56. The minimum Gasteiger partial charge on any atom is -0.381 e. The zero-order chi connectivity index (χ0) is 70.3. The molecule has 1 atom stereocenters. The van der Waals surface area contributed by atoms with E-state index >= 15 is 0 Å². The fourth-order valence-electron chi connectivity index (χ4n) is 6.08. The van der Waals surface area contributed by atoms with Crippen LogP contribution in [0.3, 0.4) is 0 Å². The van der Waals surface area contributed by atoms with E-state index in [1.807, 2.05) is 48.7 Å². The van der Waals surface area contributed by atoms with Gasteiger partial charge in [-0.3, -0.25) is 38.4 Å². The number of carbonyl (C=O) groups is 8. The van der Waals surface area contributed by atoms with Crippen LogP contribution >= 0.6 is 0 Å². The highest BCUT2D eigenvalue weighted by Gasteiger charge is 2.34. The van der Waals surface area contributed by atoms with Gasteiger partial charge in [0, 0.05) is 97.7 Å². The third-order valence-corrected chi connectivity index (χ3v) is 10.4. The number of allylic oxidation sites excluding steroid dienone is 4. The lowest BCUT2D eigenvalue weighted by molar-refractivity contribution is -0.118. The minimum absolute atomic E-state index is 0.167. The molecule has 0 aromatic carbocycles. The average Bonchev–Trinajstić information content (AvgIpc) is 1.52. The molecular weight excluding hydrogens is 1170 g/mol. The molecule has 1 unspecified atom stereocenters. The van der Waals surface area contributed by atoms with E-state index < -0.39 is 10.8 Å². The molecule has 0 radical (unpaired) electrons. The molecule has 24 heteroatoms. The molecule has 8 N–H and O–H groups in total. The van der Waals surface area contributed by atoms with Gasteiger partial charge in [-0.1, -0.05) is 65.0 Å². The average molecular weight is 1300 g/mol. The van der Waals surface area contributed by atoms with Crippen LogP contribution in [0.1, 0.15) is 99.8 Å². The first-order valence-corrected chi connectivity index (χ1v) is 31.0.